The van der Waals surface area contributed by atoms with Crippen LogP contribution < -0.4 is 11.1 Å². The summed E-state index contributed by atoms with van der Waals surface area (Å²) < 4.78 is 4.97. The van der Waals surface area contributed by atoms with Gasteiger partial charge in [0.2, 0.25) is 0 Å². The zero-order chi connectivity index (χ0) is 13.5. The van der Waals surface area contributed by atoms with Gasteiger partial charge in [-0.05, 0) is 30.2 Å². The topological polar surface area (TPSA) is 96.9 Å². The standard InChI is InChI=1S/C12H17N3O3/c1-8(2)7-18-12(16)14-10-5-3-9(4-6-10)11(13)15-17/h3-6,8,17H,7H2,1-2H3,(H2,13,15)(H,14,16). The number of oxime groups is 1. The molecule has 0 fully saturated rings. The maximum absolute atomic E-state index is 11.4. The van der Waals surface area contributed by atoms with Crippen LogP contribution >= 0.6 is 0 Å². The summed E-state index contributed by atoms with van der Waals surface area (Å²) in [5.41, 5.74) is 6.56. The van der Waals surface area contributed by atoms with Crippen molar-refractivity contribution in [3.8, 4) is 0 Å². The van der Waals surface area contributed by atoms with Gasteiger partial charge in [0.1, 0.15) is 0 Å². The van der Waals surface area contributed by atoms with E-state index in [1.165, 1.54) is 0 Å². The molecule has 0 aliphatic carbocycles. The molecule has 1 rings (SSSR count). The van der Waals surface area contributed by atoms with Crippen molar-refractivity contribution in [1.29, 1.82) is 0 Å². The van der Waals surface area contributed by atoms with Gasteiger partial charge in [-0.25, -0.2) is 4.79 Å². The Morgan fingerprint density at radius 2 is 2.06 bits per heavy atom. The summed E-state index contributed by atoms with van der Waals surface area (Å²) in [5.74, 6) is 0.308. The van der Waals surface area contributed by atoms with Crippen LogP contribution in [0.5, 0.6) is 0 Å². The average molecular weight is 251 g/mol. The third-order valence-corrected chi connectivity index (χ3v) is 2.08. The van der Waals surface area contributed by atoms with E-state index in [4.69, 9.17) is 15.7 Å². The number of anilines is 1. The van der Waals surface area contributed by atoms with Crippen molar-refractivity contribution >= 4 is 17.6 Å². The molecule has 0 saturated heterocycles. The van der Waals surface area contributed by atoms with Crippen molar-refractivity contribution in [2.75, 3.05) is 11.9 Å². The predicted molar refractivity (Wildman–Crippen MR) is 68.8 cm³/mol. The van der Waals surface area contributed by atoms with Crippen LogP contribution in [-0.4, -0.2) is 23.7 Å². The Hall–Kier alpha value is -2.24. The minimum atomic E-state index is -0.500. The number of nitrogens with zero attached hydrogens (tertiary/aromatic N) is 1. The van der Waals surface area contributed by atoms with Gasteiger partial charge in [0.15, 0.2) is 5.84 Å². The van der Waals surface area contributed by atoms with E-state index >= 15 is 0 Å². The van der Waals surface area contributed by atoms with Gasteiger partial charge in [-0.2, -0.15) is 0 Å². The van der Waals surface area contributed by atoms with Gasteiger partial charge in [0, 0.05) is 11.3 Å². The third-order valence-electron chi connectivity index (χ3n) is 2.08. The summed E-state index contributed by atoms with van der Waals surface area (Å²) in [5, 5.41) is 14.0. The molecule has 0 atom stereocenters. The number of benzene rings is 1. The Morgan fingerprint density at radius 1 is 1.44 bits per heavy atom. The van der Waals surface area contributed by atoms with Gasteiger partial charge in [0.05, 0.1) is 6.61 Å². The second kappa shape index (κ2) is 6.48. The van der Waals surface area contributed by atoms with Crippen molar-refractivity contribution in [1.82, 2.24) is 0 Å². The van der Waals surface area contributed by atoms with Crippen LogP contribution in [0, 0.1) is 5.92 Å². The molecule has 0 aromatic heterocycles. The first-order valence-corrected chi connectivity index (χ1v) is 5.54. The summed E-state index contributed by atoms with van der Waals surface area (Å²) in [7, 11) is 0. The lowest BCUT2D eigenvalue weighted by Gasteiger charge is -2.09. The SMILES string of the molecule is CC(C)COC(=O)Nc1ccc(/C(N)=N/O)cc1. The summed E-state index contributed by atoms with van der Waals surface area (Å²) in [4.78, 5) is 11.4. The molecule has 0 spiro atoms. The largest absolute Gasteiger partial charge is 0.449 e. The maximum atomic E-state index is 11.4. The molecule has 0 aliphatic heterocycles. The molecule has 18 heavy (non-hydrogen) atoms. The summed E-state index contributed by atoms with van der Waals surface area (Å²) >= 11 is 0. The van der Waals surface area contributed by atoms with Crippen LogP contribution in [0.3, 0.4) is 0 Å². The first-order valence-electron chi connectivity index (χ1n) is 5.54. The van der Waals surface area contributed by atoms with Crippen LogP contribution in [0.15, 0.2) is 29.4 Å². The molecule has 1 aromatic carbocycles. The van der Waals surface area contributed by atoms with E-state index < -0.39 is 6.09 Å². The fourth-order valence-electron chi connectivity index (χ4n) is 1.18. The van der Waals surface area contributed by atoms with E-state index in [2.05, 4.69) is 10.5 Å². The molecule has 6 heteroatoms. The fraction of sp³-hybridized carbons (Fsp3) is 0.333. The Kier molecular flexibility index (Phi) is 4.98. The molecule has 6 nitrogen and oxygen atoms in total. The summed E-state index contributed by atoms with van der Waals surface area (Å²) in [6, 6.07) is 6.55. The van der Waals surface area contributed by atoms with Gasteiger partial charge < -0.3 is 15.7 Å². The molecule has 0 bridgehead atoms. The highest BCUT2D eigenvalue weighted by molar-refractivity contribution is 5.97. The van der Waals surface area contributed by atoms with E-state index in [-0.39, 0.29) is 5.84 Å². The number of carbonyl (C=O) groups is 1. The van der Waals surface area contributed by atoms with E-state index in [1.807, 2.05) is 13.8 Å². The number of amides is 1. The molecule has 1 aromatic rings. The highest BCUT2D eigenvalue weighted by Gasteiger charge is 2.05. The van der Waals surface area contributed by atoms with E-state index in [9.17, 15) is 4.79 Å². The van der Waals surface area contributed by atoms with Crippen molar-refractivity contribution in [2.24, 2.45) is 16.8 Å². The number of amidine groups is 1. The average Bonchev–Trinajstić information content (AvgIpc) is 2.36. The van der Waals surface area contributed by atoms with Gasteiger partial charge in [-0.1, -0.05) is 19.0 Å². The van der Waals surface area contributed by atoms with Crippen LogP contribution in [0.4, 0.5) is 10.5 Å². The lowest BCUT2D eigenvalue weighted by atomic mass is 10.2. The van der Waals surface area contributed by atoms with Gasteiger partial charge in [-0.3, -0.25) is 5.32 Å². The quantitative estimate of drug-likeness (QED) is 0.330. The number of ether oxygens (including phenoxy) is 1. The van der Waals surface area contributed by atoms with E-state index in [0.29, 0.717) is 23.8 Å². The van der Waals surface area contributed by atoms with Crippen LogP contribution in [0.2, 0.25) is 0 Å². The number of rotatable bonds is 4. The summed E-state index contributed by atoms with van der Waals surface area (Å²) in [6.07, 6.45) is -0.500. The second-order valence-electron chi connectivity index (χ2n) is 4.18. The lowest BCUT2D eigenvalue weighted by molar-refractivity contribution is 0.147. The van der Waals surface area contributed by atoms with Gasteiger partial charge in [-0.15, -0.1) is 0 Å². The smallest absolute Gasteiger partial charge is 0.411 e. The fourth-order valence-corrected chi connectivity index (χ4v) is 1.18. The first kappa shape index (κ1) is 13.8. The predicted octanol–water partition coefficient (Wildman–Crippen LogP) is 1.99. The minimum absolute atomic E-state index is 0.0175. The molecular formula is C12H17N3O3. The van der Waals surface area contributed by atoms with Crippen molar-refractivity contribution < 1.29 is 14.7 Å². The lowest BCUT2D eigenvalue weighted by Crippen LogP contribution is -2.17. The molecular weight excluding hydrogens is 234 g/mol. The Morgan fingerprint density at radius 3 is 2.56 bits per heavy atom. The number of hydrogen-bond donors (Lipinski definition) is 3. The van der Waals surface area contributed by atoms with E-state index in [1.54, 1.807) is 24.3 Å². The Bertz CT molecular complexity index is 427. The van der Waals surface area contributed by atoms with Crippen LogP contribution in [0.1, 0.15) is 19.4 Å². The maximum Gasteiger partial charge on any atom is 0.411 e. The van der Waals surface area contributed by atoms with Gasteiger partial charge in [0.25, 0.3) is 0 Å². The molecule has 4 N–H and O–H groups in total. The number of hydrogen-bond acceptors (Lipinski definition) is 4. The molecule has 98 valence electrons. The number of nitrogens with two attached hydrogens (primary N) is 1. The Balaban J connectivity index is 2.56. The van der Waals surface area contributed by atoms with E-state index in [0.717, 1.165) is 0 Å². The monoisotopic (exact) mass is 251 g/mol. The minimum Gasteiger partial charge on any atom is -0.449 e. The Labute approximate surface area is 105 Å². The zero-order valence-corrected chi connectivity index (χ0v) is 10.4. The highest BCUT2D eigenvalue weighted by atomic mass is 16.5. The van der Waals surface area contributed by atoms with Crippen LogP contribution in [-0.2, 0) is 4.74 Å². The molecule has 0 aliphatic rings. The normalized spacial score (nSPS) is 11.4. The molecule has 0 unspecified atom stereocenters. The van der Waals surface area contributed by atoms with Crippen molar-refractivity contribution in [3.63, 3.8) is 0 Å². The van der Waals surface area contributed by atoms with Crippen molar-refractivity contribution in [2.45, 2.75) is 13.8 Å². The second-order valence-corrected chi connectivity index (χ2v) is 4.18. The number of nitrogens with one attached hydrogen (secondary N) is 1. The molecule has 0 heterocycles. The van der Waals surface area contributed by atoms with Crippen LogP contribution in [0.25, 0.3) is 0 Å². The summed E-state index contributed by atoms with van der Waals surface area (Å²) in [6.45, 7) is 4.28. The highest BCUT2D eigenvalue weighted by Crippen LogP contribution is 2.10. The first-order chi connectivity index (χ1) is 8.52. The molecule has 0 saturated carbocycles. The zero-order valence-electron chi connectivity index (χ0n) is 10.4. The third kappa shape index (κ3) is 4.32. The van der Waals surface area contributed by atoms with Gasteiger partial charge >= 0.3 is 6.09 Å². The number of carbonyl (C=O) groups excluding carboxylic acids is 1. The molecule has 1 amide bonds. The van der Waals surface area contributed by atoms with Crippen molar-refractivity contribution in [3.05, 3.63) is 29.8 Å². The molecule has 0 radical (unpaired) electrons.